The third kappa shape index (κ3) is 6.51. The molecule has 0 saturated heterocycles. The molecule has 2 atom stereocenters. The summed E-state index contributed by atoms with van der Waals surface area (Å²) in [6, 6.07) is 0. The molecule has 20 heavy (non-hydrogen) atoms. The summed E-state index contributed by atoms with van der Waals surface area (Å²) >= 11 is 0. The van der Waals surface area contributed by atoms with E-state index in [1.807, 2.05) is 4.68 Å². The molecular weight excluding hydrogens is 250 g/mol. The maximum Gasteiger partial charge on any atom is 0.138 e. The van der Waals surface area contributed by atoms with Gasteiger partial charge in [-0.05, 0) is 30.1 Å². The molecule has 1 rings (SSSR count). The highest BCUT2D eigenvalue weighted by atomic mass is 16.3. The van der Waals surface area contributed by atoms with Crippen LogP contribution in [0.15, 0.2) is 6.33 Å². The Hall–Kier alpha value is -0.900. The van der Waals surface area contributed by atoms with E-state index in [0.717, 1.165) is 25.2 Å². The first-order chi connectivity index (χ1) is 9.17. The van der Waals surface area contributed by atoms with Gasteiger partial charge in [-0.3, -0.25) is 0 Å². The Morgan fingerprint density at radius 1 is 1.25 bits per heavy atom. The summed E-state index contributed by atoms with van der Waals surface area (Å²) in [7, 11) is 0. The van der Waals surface area contributed by atoms with Crippen molar-refractivity contribution in [3.63, 3.8) is 0 Å². The Kier molecular flexibility index (Phi) is 6.18. The standard InChI is InChI=1S/C16H31N3O/c1-12(2)10-19-15(17-11-18-19)8-14(20)7-13(3)9-16(4,5)6/h11-14,20H,7-10H2,1-6H3. The molecule has 0 aliphatic rings. The molecule has 0 amide bonds. The Bertz CT molecular complexity index is 393. The van der Waals surface area contributed by atoms with Crippen LogP contribution in [0.2, 0.25) is 0 Å². The lowest BCUT2D eigenvalue weighted by Crippen LogP contribution is -2.21. The van der Waals surface area contributed by atoms with Crippen molar-refractivity contribution in [2.24, 2.45) is 17.3 Å². The Labute approximate surface area is 123 Å². The Morgan fingerprint density at radius 2 is 1.90 bits per heavy atom. The molecule has 0 saturated carbocycles. The summed E-state index contributed by atoms with van der Waals surface area (Å²) in [4.78, 5) is 4.28. The number of rotatable bonds is 7. The fourth-order valence-corrected chi connectivity index (χ4v) is 2.83. The van der Waals surface area contributed by atoms with Gasteiger partial charge >= 0.3 is 0 Å². The molecule has 1 aromatic rings. The number of aliphatic hydroxyl groups excluding tert-OH is 1. The van der Waals surface area contributed by atoms with Crippen LogP contribution in [0.5, 0.6) is 0 Å². The second kappa shape index (κ2) is 7.21. The van der Waals surface area contributed by atoms with E-state index in [1.54, 1.807) is 6.33 Å². The molecule has 1 heterocycles. The molecular formula is C16H31N3O. The molecule has 4 heteroatoms. The van der Waals surface area contributed by atoms with E-state index >= 15 is 0 Å². The second-order valence-electron chi connectivity index (χ2n) is 7.72. The van der Waals surface area contributed by atoms with E-state index < -0.39 is 0 Å². The SMILES string of the molecule is CC(C)Cn1ncnc1CC(O)CC(C)CC(C)(C)C. The molecule has 0 radical (unpaired) electrons. The minimum Gasteiger partial charge on any atom is -0.393 e. The zero-order valence-electron chi connectivity index (χ0n) is 13.9. The van der Waals surface area contributed by atoms with E-state index in [2.05, 4.69) is 51.6 Å². The highest BCUT2D eigenvalue weighted by Gasteiger charge is 2.19. The maximum atomic E-state index is 10.3. The van der Waals surface area contributed by atoms with Crippen molar-refractivity contribution in [3.05, 3.63) is 12.2 Å². The van der Waals surface area contributed by atoms with Crippen molar-refractivity contribution >= 4 is 0 Å². The van der Waals surface area contributed by atoms with E-state index in [0.29, 0.717) is 23.7 Å². The van der Waals surface area contributed by atoms with Gasteiger partial charge in [0, 0.05) is 13.0 Å². The molecule has 0 bridgehead atoms. The van der Waals surface area contributed by atoms with Gasteiger partial charge in [0.05, 0.1) is 6.10 Å². The van der Waals surface area contributed by atoms with Crippen molar-refractivity contribution in [2.45, 2.75) is 73.5 Å². The van der Waals surface area contributed by atoms with Crippen molar-refractivity contribution in [1.29, 1.82) is 0 Å². The van der Waals surface area contributed by atoms with Gasteiger partial charge in [0.2, 0.25) is 0 Å². The lowest BCUT2D eigenvalue weighted by molar-refractivity contribution is 0.129. The number of aliphatic hydroxyl groups is 1. The van der Waals surface area contributed by atoms with Crippen molar-refractivity contribution in [3.8, 4) is 0 Å². The first-order valence-electron chi connectivity index (χ1n) is 7.72. The van der Waals surface area contributed by atoms with Crippen LogP contribution >= 0.6 is 0 Å². The highest BCUT2D eigenvalue weighted by molar-refractivity contribution is 4.88. The number of hydrogen-bond acceptors (Lipinski definition) is 3. The summed E-state index contributed by atoms with van der Waals surface area (Å²) < 4.78 is 1.92. The zero-order valence-corrected chi connectivity index (χ0v) is 13.9. The van der Waals surface area contributed by atoms with Gasteiger partial charge in [-0.25, -0.2) is 9.67 Å². The van der Waals surface area contributed by atoms with Gasteiger partial charge in [0.15, 0.2) is 0 Å². The fourth-order valence-electron chi connectivity index (χ4n) is 2.83. The van der Waals surface area contributed by atoms with Crippen molar-refractivity contribution in [1.82, 2.24) is 14.8 Å². The number of hydrogen-bond donors (Lipinski definition) is 1. The molecule has 2 unspecified atom stereocenters. The first-order valence-corrected chi connectivity index (χ1v) is 7.72. The zero-order chi connectivity index (χ0) is 15.3. The van der Waals surface area contributed by atoms with Crippen LogP contribution in [0.4, 0.5) is 0 Å². The van der Waals surface area contributed by atoms with Crippen molar-refractivity contribution < 1.29 is 5.11 Å². The highest BCUT2D eigenvalue weighted by Crippen LogP contribution is 2.27. The summed E-state index contributed by atoms with van der Waals surface area (Å²) in [5.74, 6) is 1.95. The van der Waals surface area contributed by atoms with Crippen LogP contribution in [0, 0.1) is 17.3 Å². The summed E-state index contributed by atoms with van der Waals surface area (Å²) in [5.41, 5.74) is 0.316. The van der Waals surface area contributed by atoms with Gasteiger partial charge in [0.1, 0.15) is 12.2 Å². The Morgan fingerprint density at radius 3 is 2.45 bits per heavy atom. The average Bonchev–Trinajstić information content (AvgIpc) is 2.60. The first kappa shape index (κ1) is 17.2. The predicted octanol–water partition coefficient (Wildman–Crippen LogP) is 3.30. The Balaban J connectivity index is 2.50. The molecule has 1 aromatic heterocycles. The number of nitrogens with zero attached hydrogens (tertiary/aromatic N) is 3. The van der Waals surface area contributed by atoms with E-state index in [4.69, 9.17) is 0 Å². The normalized spacial score (nSPS) is 15.6. The lowest BCUT2D eigenvalue weighted by atomic mass is 9.83. The number of aromatic nitrogens is 3. The van der Waals surface area contributed by atoms with Gasteiger partial charge in [-0.2, -0.15) is 5.10 Å². The minimum absolute atomic E-state index is 0.316. The minimum atomic E-state index is -0.331. The van der Waals surface area contributed by atoms with Crippen molar-refractivity contribution in [2.75, 3.05) is 0 Å². The summed E-state index contributed by atoms with van der Waals surface area (Å²) in [5, 5.41) is 14.5. The molecule has 0 aliphatic carbocycles. The van der Waals surface area contributed by atoms with Crippen LogP contribution < -0.4 is 0 Å². The smallest absolute Gasteiger partial charge is 0.138 e. The summed E-state index contributed by atoms with van der Waals surface area (Å²) in [6.45, 7) is 14.1. The topological polar surface area (TPSA) is 50.9 Å². The average molecular weight is 281 g/mol. The molecule has 4 nitrogen and oxygen atoms in total. The second-order valence-corrected chi connectivity index (χ2v) is 7.72. The van der Waals surface area contributed by atoms with Crippen LogP contribution in [-0.4, -0.2) is 26.0 Å². The third-order valence-electron chi connectivity index (χ3n) is 3.29. The lowest BCUT2D eigenvalue weighted by Gasteiger charge is -2.24. The molecule has 116 valence electrons. The maximum absolute atomic E-state index is 10.3. The van der Waals surface area contributed by atoms with Gasteiger partial charge < -0.3 is 5.11 Å². The predicted molar refractivity (Wildman–Crippen MR) is 82.4 cm³/mol. The molecule has 0 fully saturated rings. The molecule has 0 spiro atoms. The van der Waals surface area contributed by atoms with Crippen LogP contribution in [-0.2, 0) is 13.0 Å². The monoisotopic (exact) mass is 281 g/mol. The van der Waals surface area contributed by atoms with Crippen LogP contribution in [0.3, 0.4) is 0 Å². The van der Waals surface area contributed by atoms with Crippen LogP contribution in [0.1, 0.15) is 60.2 Å². The quantitative estimate of drug-likeness (QED) is 0.834. The largest absolute Gasteiger partial charge is 0.393 e. The summed E-state index contributed by atoms with van der Waals surface area (Å²) in [6.07, 6.45) is 3.81. The molecule has 0 aliphatic heterocycles. The van der Waals surface area contributed by atoms with E-state index in [-0.39, 0.29) is 6.10 Å². The fraction of sp³-hybridized carbons (Fsp3) is 0.875. The third-order valence-corrected chi connectivity index (χ3v) is 3.29. The van der Waals surface area contributed by atoms with Crippen LogP contribution in [0.25, 0.3) is 0 Å². The molecule has 1 N–H and O–H groups in total. The van der Waals surface area contributed by atoms with Gasteiger partial charge in [-0.15, -0.1) is 0 Å². The van der Waals surface area contributed by atoms with Gasteiger partial charge in [-0.1, -0.05) is 41.5 Å². The van der Waals surface area contributed by atoms with Gasteiger partial charge in [0.25, 0.3) is 0 Å². The van der Waals surface area contributed by atoms with E-state index in [1.165, 1.54) is 0 Å². The van der Waals surface area contributed by atoms with E-state index in [9.17, 15) is 5.11 Å². The molecule has 0 aromatic carbocycles.